The zero-order valence-corrected chi connectivity index (χ0v) is 18.7. The number of rotatable bonds is 8. The molecule has 1 aromatic heterocycles. The number of aryl methyl sites for hydroxylation is 1. The molecule has 0 bridgehead atoms. The van der Waals surface area contributed by atoms with E-state index in [9.17, 15) is 18.8 Å². The second-order valence-corrected chi connectivity index (χ2v) is 9.18. The molecule has 0 unspecified atom stereocenters. The number of aliphatic hydroxyl groups is 1. The average molecular weight is 439 g/mol. The Balaban J connectivity index is 2.01. The highest BCUT2D eigenvalue weighted by molar-refractivity contribution is 7.89. The maximum atomic E-state index is 12.9. The van der Waals surface area contributed by atoms with Crippen LogP contribution in [0.3, 0.4) is 0 Å². The summed E-state index contributed by atoms with van der Waals surface area (Å²) in [5.41, 5.74) is 1.92. The molecule has 3 aromatic rings. The van der Waals surface area contributed by atoms with Gasteiger partial charge in [-0.2, -0.15) is 9.57 Å². The van der Waals surface area contributed by atoms with E-state index in [1.165, 1.54) is 28.6 Å². The van der Waals surface area contributed by atoms with Gasteiger partial charge >= 0.3 is 0 Å². The third kappa shape index (κ3) is 4.33. The lowest BCUT2D eigenvalue weighted by molar-refractivity contribution is 0.410. The fraction of sp³-hybridized carbons (Fsp3) is 0.304. The number of imidazole rings is 1. The standard InChI is InChI=1S/C23H26N4O3S/c1-4-14-27(15-5-2)31(29,30)18-12-10-17(11-13-18)22(28)19(16-24)23-25-20-8-6-7-9-21(20)26(23)3/h6-13,28H,4-5,14-15H2,1-3H3/b22-19+. The minimum atomic E-state index is -3.62. The van der Waals surface area contributed by atoms with E-state index in [1.807, 2.05) is 44.2 Å². The van der Waals surface area contributed by atoms with Crippen molar-refractivity contribution in [1.29, 1.82) is 5.26 Å². The molecule has 0 radical (unpaired) electrons. The number of para-hydroxylation sites is 2. The molecule has 0 spiro atoms. The van der Waals surface area contributed by atoms with Crippen LogP contribution in [-0.4, -0.2) is 40.5 Å². The van der Waals surface area contributed by atoms with Crippen molar-refractivity contribution >= 4 is 32.4 Å². The zero-order valence-electron chi connectivity index (χ0n) is 17.9. The topological polar surface area (TPSA) is 99.2 Å². The molecule has 1 N–H and O–H groups in total. The monoisotopic (exact) mass is 438 g/mol. The Morgan fingerprint density at radius 1 is 1.10 bits per heavy atom. The van der Waals surface area contributed by atoms with Crippen molar-refractivity contribution in [3.63, 3.8) is 0 Å². The SMILES string of the molecule is CCCN(CCC)S(=O)(=O)c1ccc(/C(O)=C(/C#N)c2nc3ccccc3n2C)cc1. The summed E-state index contributed by atoms with van der Waals surface area (Å²) in [6.45, 7) is 4.78. The highest BCUT2D eigenvalue weighted by atomic mass is 32.2. The summed E-state index contributed by atoms with van der Waals surface area (Å²) < 4.78 is 29.1. The maximum Gasteiger partial charge on any atom is 0.243 e. The molecule has 0 fully saturated rings. The molecule has 0 saturated heterocycles. The van der Waals surface area contributed by atoms with Crippen LogP contribution in [0.15, 0.2) is 53.4 Å². The predicted molar refractivity (Wildman–Crippen MR) is 122 cm³/mol. The Morgan fingerprint density at radius 2 is 1.71 bits per heavy atom. The third-order valence-electron chi connectivity index (χ3n) is 5.07. The lowest BCUT2D eigenvalue weighted by Gasteiger charge is -2.21. The zero-order chi connectivity index (χ0) is 22.6. The second-order valence-electron chi connectivity index (χ2n) is 7.25. The number of aliphatic hydroxyl groups excluding tert-OH is 1. The Morgan fingerprint density at radius 3 is 2.26 bits per heavy atom. The van der Waals surface area contributed by atoms with Crippen LogP contribution < -0.4 is 0 Å². The number of benzene rings is 2. The smallest absolute Gasteiger partial charge is 0.243 e. The third-order valence-corrected chi connectivity index (χ3v) is 6.98. The number of allylic oxidation sites excluding steroid dienone is 1. The van der Waals surface area contributed by atoms with E-state index in [2.05, 4.69) is 4.98 Å². The van der Waals surface area contributed by atoms with Crippen molar-refractivity contribution in [3.8, 4) is 6.07 Å². The largest absolute Gasteiger partial charge is 0.506 e. The number of aromatic nitrogens is 2. The van der Waals surface area contributed by atoms with Gasteiger partial charge in [0.25, 0.3) is 0 Å². The van der Waals surface area contributed by atoms with E-state index < -0.39 is 10.0 Å². The Labute approximate surface area is 182 Å². The molecule has 0 aliphatic carbocycles. The van der Waals surface area contributed by atoms with E-state index in [1.54, 1.807) is 11.6 Å². The highest BCUT2D eigenvalue weighted by Gasteiger charge is 2.23. The number of sulfonamides is 1. The van der Waals surface area contributed by atoms with Gasteiger partial charge in [0.15, 0.2) is 5.82 Å². The molecule has 0 amide bonds. The first-order valence-corrected chi connectivity index (χ1v) is 11.6. The van der Waals surface area contributed by atoms with Crippen LogP contribution in [0.1, 0.15) is 38.1 Å². The van der Waals surface area contributed by atoms with Gasteiger partial charge in [0, 0.05) is 25.7 Å². The van der Waals surface area contributed by atoms with Gasteiger partial charge in [-0.3, -0.25) is 0 Å². The summed E-state index contributed by atoms with van der Waals surface area (Å²) in [5, 5.41) is 20.5. The quantitative estimate of drug-likeness (QED) is 0.417. The highest BCUT2D eigenvalue weighted by Crippen LogP contribution is 2.27. The number of nitriles is 1. The average Bonchev–Trinajstić information content (AvgIpc) is 3.10. The molecule has 2 aromatic carbocycles. The van der Waals surface area contributed by atoms with E-state index >= 15 is 0 Å². The molecular formula is C23H26N4O3S. The lowest BCUT2D eigenvalue weighted by atomic mass is 10.1. The molecular weight excluding hydrogens is 412 g/mol. The number of nitrogens with zero attached hydrogens (tertiary/aromatic N) is 4. The van der Waals surface area contributed by atoms with E-state index in [4.69, 9.17) is 0 Å². The molecule has 0 aliphatic rings. The van der Waals surface area contributed by atoms with Gasteiger partial charge in [0.1, 0.15) is 17.4 Å². The molecule has 1 heterocycles. The first kappa shape index (κ1) is 22.5. The summed E-state index contributed by atoms with van der Waals surface area (Å²) in [6.07, 6.45) is 1.45. The summed E-state index contributed by atoms with van der Waals surface area (Å²) in [7, 11) is -1.84. The predicted octanol–water partition coefficient (Wildman–Crippen LogP) is 4.33. The molecule has 3 rings (SSSR count). The van der Waals surface area contributed by atoms with Gasteiger partial charge in [-0.05, 0) is 49.2 Å². The van der Waals surface area contributed by atoms with Gasteiger partial charge in [-0.15, -0.1) is 0 Å². The van der Waals surface area contributed by atoms with Crippen molar-refractivity contribution in [2.45, 2.75) is 31.6 Å². The van der Waals surface area contributed by atoms with Gasteiger partial charge < -0.3 is 9.67 Å². The number of hydrogen-bond acceptors (Lipinski definition) is 5. The van der Waals surface area contributed by atoms with Gasteiger partial charge in [0.05, 0.1) is 15.9 Å². The van der Waals surface area contributed by atoms with Crippen LogP contribution in [-0.2, 0) is 17.1 Å². The minimum absolute atomic E-state index is 0.0212. The van der Waals surface area contributed by atoms with E-state index in [0.717, 1.165) is 18.4 Å². The molecule has 8 heteroatoms. The summed E-state index contributed by atoms with van der Waals surface area (Å²) in [4.78, 5) is 4.63. The molecule has 162 valence electrons. The van der Waals surface area contributed by atoms with E-state index in [0.29, 0.717) is 30.0 Å². The van der Waals surface area contributed by atoms with Crippen LogP contribution in [0.4, 0.5) is 0 Å². The van der Waals surface area contributed by atoms with Gasteiger partial charge in [-0.25, -0.2) is 13.4 Å². The molecule has 0 aliphatic heterocycles. The first-order valence-electron chi connectivity index (χ1n) is 10.2. The Kier molecular flexibility index (Phi) is 6.78. The Bertz CT molecular complexity index is 1250. The number of hydrogen-bond donors (Lipinski definition) is 1. The van der Waals surface area contributed by atoms with Crippen molar-refractivity contribution in [2.75, 3.05) is 13.1 Å². The fourth-order valence-corrected chi connectivity index (χ4v) is 5.13. The fourth-order valence-electron chi connectivity index (χ4n) is 3.51. The number of fused-ring (bicyclic) bond motifs is 1. The normalized spacial score (nSPS) is 12.7. The van der Waals surface area contributed by atoms with Crippen LogP contribution in [0, 0.1) is 11.3 Å². The van der Waals surface area contributed by atoms with Crippen molar-refractivity contribution in [1.82, 2.24) is 13.9 Å². The van der Waals surface area contributed by atoms with Gasteiger partial charge in [0.2, 0.25) is 10.0 Å². The molecule has 7 nitrogen and oxygen atoms in total. The summed E-state index contributed by atoms with van der Waals surface area (Å²) in [5.74, 6) is 0.0961. The Hall–Kier alpha value is -3.15. The molecule has 0 saturated carbocycles. The lowest BCUT2D eigenvalue weighted by Crippen LogP contribution is -2.32. The van der Waals surface area contributed by atoms with Crippen LogP contribution >= 0.6 is 0 Å². The minimum Gasteiger partial charge on any atom is -0.506 e. The second kappa shape index (κ2) is 9.33. The van der Waals surface area contributed by atoms with Crippen LogP contribution in [0.5, 0.6) is 0 Å². The molecule has 31 heavy (non-hydrogen) atoms. The van der Waals surface area contributed by atoms with Crippen molar-refractivity contribution in [2.24, 2.45) is 7.05 Å². The molecule has 0 atom stereocenters. The van der Waals surface area contributed by atoms with Crippen molar-refractivity contribution in [3.05, 3.63) is 59.9 Å². The first-order chi connectivity index (χ1) is 14.8. The van der Waals surface area contributed by atoms with Crippen molar-refractivity contribution < 1.29 is 13.5 Å². The summed E-state index contributed by atoms with van der Waals surface area (Å²) >= 11 is 0. The van der Waals surface area contributed by atoms with E-state index in [-0.39, 0.29) is 16.2 Å². The van der Waals surface area contributed by atoms with Crippen LogP contribution in [0.2, 0.25) is 0 Å². The summed E-state index contributed by atoms with van der Waals surface area (Å²) in [6, 6.07) is 15.4. The maximum absolute atomic E-state index is 12.9. The van der Waals surface area contributed by atoms with Gasteiger partial charge in [-0.1, -0.05) is 26.0 Å². The van der Waals surface area contributed by atoms with Crippen LogP contribution in [0.25, 0.3) is 22.4 Å².